The predicted molar refractivity (Wildman–Crippen MR) is 74.7 cm³/mol. The van der Waals surface area contributed by atoms with Crippen LogP contribution in [0.2, 0.25) is 0 Å². The van der Waals surface area contributed by atoms with Gasteiger partial charge in [-0.15, -0.1) is 0 Å². The van der Waals surface area contributed by atoms with Gasteiger partial charge in [-0.05, 0) is 25.7 Å². The Hall–Kier alpha value is -2.51. The molecule has 0 unspecified atom stereocenters. The van der Waals surface area contributed by atoms with Crippen molar-refractivity contribution < 1.29 is 29.1 Å². The van der Waals surface area contributed by atoms with Gasteiger partial charge in [0.05, 0.1) is 0 Å². The Morgan fingerprint density at radius 3 is 1.91 bits per heavy atom. The van der Waals surface area contributed by atoms with E-state index in [0.717, 1.165) is 9.80 Å². The molecule has 8 nitrogen and oxygen atoms in total. The summed E-state index contributed by atoms with van der Waals surface area (Å²) in [5.74, 6) is -2.96. The summed E-state index contributed by atoms with van der Waals surface area (Å²) in [5, 5.41) is 9.63. The number of carboxylic acids is 1. The van der Waals surface area contributed by atoms with Crippen LogP contribution < -0.4 is 0 Å². The molecule has 0 bridgehead atoms. The van der Waals surface area contributed by atoms with Crippen LogP contribution in [-0.2, 0) is 24.0 Å². The fraction of sp³-hybridized carbons (Fsp3) is 0.533. The van der Waals surface area contributed by atoms with Crippen LogP contribution in [0, 0.1) is 0 Å². The molecule has 1 saturated carbocycles. The highest BCUT2D eigenvalue weighted by Gasteiger charge is 2.54. The van der Waals surface area contributed by atoms with Crippen molar-refractivity contribution in [2.75, 3.05) is 0 Å². The van der Waals surface area contributed by atoms with Gasteiger partial charge in [0.25, 0.3) is 11.8 Å². The molecule has 2 heterocycles. The standard InChI is InChI=1S/C15H16N2O6/c18-10-1-2-11(19)16(10)9-5-7-15(8-6-9,14(22)23)17-12(20)3-4-13(17)21/h1-2,9H,3-8H2,(H,22,23). The van der Waals surface area contributed by atoms with E-state index in [0.29, 0.717) is 0 Å². The number of amides is 4. The molecule has 1 aliphatic carbocycles. The van der Waals surface area contributed by atoms with Crippen LogP contribution in [0.3, 0.4) is 0 Å². The minimum atomic E-state index is -1.56. The number of carbonyl (C=O) groups excluding carboxylic acids is 4. The van der Waals surface area contributed by atoms with Crippen molar-refractivity contribution in [3.8, 4) is 0 Å². The van der Waals surface area contributed by atoms with Crippen molar-refractivity contribution in [1.29, 1.82) is 0 Å². The molecule has 23 heavy (non-hydrogen) atoms. The smallest absolute Gasteiger partial charge is 0.330 e. The molecule has 0 spiro atoms. The second-order valence-corrected chi connectivity index (χ2v) is 6.07. The minimum Gasteiger partial charge on any atom is -0.479 e. The third kappa shape index (κ3) is 2.25. The van der Waals surface area contributed by atoms with Gasteiger partial charge in [-0.25, -0.2) is 4.79 Å². The monoisotopic (exact) mass is 320 g/mol. The molecule has 1 N–H and O–H groups in total. The first-order valence-electron chi connectivity index (χ1n) is 7.51. The number of imide groups is 2. The molecule has 122 valence electrons. The zero-order chi connectivity index (χ0) is 16.8. The van der Waals surface area contributed by atoms with Gasteiger partial charge in [0.15, 0.2) is 0 Å². The lowest BCUT2D eigenvalue weighted by Crippen LogP contribution is -2.60. The second kappa shape index (κ2) is 5.29. The molecule has 0 radical (unpaired) electrons. The summed E-state index contributed by atoms with van der Waals surface area (Å²) in [7, 11) is 0. The molecular formula is C15H16N2O6. The molecule has 0 aromatic rings. The van der Waals surface area contributed by atoms with Gasteiger partial charge >= 0.3 is 5.97 Å². The predicted octanol–water partition coefficient (Wildman–Crippen LogP) is -0.174. The minimum absolute atomic E-state index is 0.0321. The number of likely N-dealkylation sites (tertiary alicyclic amines) is 1. The summed E-state index contributed by atoms with van der Waals surface area (Å²) in [6.45, 7) is 0. The van der Waals surface area contributed by atoms with Crippen LogP contribution in [-0.4, -0.2) is 56.1 Å². The average molecular weight is 320 g/mol. The number of carbonyl (C=O) groups is 5. The molecule has 1 saturated heterocycles. The largest absolute Gasteiger partial charge is 0.479 e. The number of aliphatic carboxylic acids is 1. The summed E-state index contributed by atoms with van der Waals surface area (Å²) in [5.41, 5.74) is -1.56. The first-order chi connectivity index (χ1) is 10.9. The molecule has 4 amide bonds. The first kappa shape index (κ1) is 15.4. The Bertz CT molecular complexity index is 610. The van der Waals surface area contributed by atoms with E-state index in [2.05, 4.69) is 0 Å². The average Bonchev–Trinajstić information content (AvgIpc) is 3.02. The highest BCUT2D eigenvalue weighted by molar-refractivity contribution is 6.13. The SMILES string of the molecule is O=C1C=CC(=O)N1C1CCC(C(=O)O)(N2C(=O)CCC2=O)CC1. The zero-order valence-electron chi connectivity index (χ0n) is 12.4. The highest BCUT2D eigenvalue weighted by atomic mass is 16.4. The van der Waals surface area contributed by atoms with Gasteiger partial charge in [-0.1, -0.05) is 0 Å². The number of hydrogen-bond acceptors (Lipinski definition) is 5. The fourth-order valence-electron chi connectivity index (χ4n) is 3.70. The van der Waals surface area contributed by atoms with E-state index in [-0.39, 0.29) is 38.5 Å². The summed E-state index contributed by atoms with van der Waals surface area (Å²) >= 11 is 0. The van der Waals surface area contributed by atoms with Crippen LogP contribution in [0.25, 0.3) is 0 Å². The second-order valence-electron chi connectivity index (χ2n) is 6.07. The van der Waals surface area contributed by atoms with Gasteiger partial charge in [-0.3, -0.25) is 29.0 Å². The van der Waals surface area contributed by atoms with Gasteiger partial charge in [0.2, 0.25) is 11.8 Å². The van der Waals surface area contributed by atoms with Crippen LogP contribution in [0.4, 0.5) is 0 Å². The molecule has 2 fully saturated rings. The lowest BCUT2D eigenvalue weighted by Gasteiger charge is -2.43. The van der Waals surface area contributed by atoms with Gasteiger partial charge in [0.1, 0.15) is 5.54 Å². The number of nitrogens with zero attached hydrogens (tertiary/aromatic N) is 2. The van der Waals surface area contributed by atoms with Crippen molar-refractivity contribution in [3.05, 3.63) is 12.2 Å². The molecule has 3 rings (SSSR count). The summed E-state index contributed by atoms with van der Waals surface area (Å²) < 4.78 is 0. The lowest BCUT2D eigenvalue weighted by molar-refractivity contribution is -0.166. The highest BCUT2D eigenvalue weighted by Crippen LogP contribution is 2.39. The Labute approximate surface area is 131 Å². The van der Waals surface area contributed by atoms with E-state index >= 15 is 0 Å². The fourth-order valence-corrected chi connectivity index (χ4v) is 3.70. The third-order valence-electron chi connectivity index (χ3n) is 4.87. The summed E-state index contributed by atoms with van der Waals surface area (Å²) in [6, 6.07) is -0.398. The molecular weight excluding hydrogens is 304 g/mol. The normalized spacial score (nSPS) is 31.4. The van der Waals surface area contributed by atoms with Crippen molar-refractivity contribution in [3.63, 3.8) is 0 Å². The first-order valence-corrected chi connectivity index (χ1v) is 7.51. The Morgan fingerprint density at radius 1 is 1.00 bits per heavy atom. The van der Waals surface area contributed by atoms with Crippen molar-refractivity contribution in [2.45, 2.75) is 50.1 Å². The van der Waals surface area contributed by atoms with Gasteiger partial charge in [0, 0.05) is 31.0 Å². The molecule has 0 aromatic carbocycles. The zero-order valence-corrected chi connectivity index (χ0v) is 12.4. The molecule has 0 aromatic heterocycles. The number of rotatable bonds is 3. The van der Waals surface area contributed by atoms with Crippen molar-refractivity contribution in [1.82, 2.24) is 9.80 Å². The Kier molecular flexibility index (Phi) is 3.54. The van der Waals surface area contributed by atoms with E-state index in [9.17, 15) is 29.1 Å². The van der Waals surface area contributed by atoms with Crippen LogP contribution in [0.5, 0.6) is 0 Å². The summed E-state index contributed by atoms with van der Waals surface area (Å²) in [6.07, 6.45) is 3.03. The molecule has 3 aliphatic rings. The van der Waals surface area contributed by atoms with Gasteiger partial charge in [-0.2, -0.15) is 0 Å². The Morgan fingerprint density at radius 2 is 1.48 bits per heavy atom. The van der Waals surface area contributed by atoms with Crippen molar-refractivity contribution in [2.24, 2.45) is 0 Å². The number of hydrogen-bond donors (Lipinski definition) is 1. The maximum atomic E-state index is 11.9. The third-order valence-corrected chi connectivity index (χ3v) is 4.87. The maximum absolute atomic E-state index is 11.9. The topological polar surface area (TPSA) is 112 Å². The van der Waals surface area contributed by atoms with E-state index < -0.39 is 41.2 Å². The van der Waals surface area contributed by atoms with Crippen LogP contribution in [0.15, 0.2) is 12.2 Å². The Balaban J connectivity index is 1.80. The maximum Gasteiger partial charge on any atom is 0.330 e. The molecule has 8 heteroatoms. The van der Waals surface area contributed by atoms with Crippen LogP contribution in [0.1, 0.15) is 38.5 Å². The van der Waals surface area contributed by atoms with E-state index in [1.54, 1.807) is 0 Å². The quantitative estimate of drug-likeness (QED) is 0.722. The van der Waals surface area contributed by atoms with Crippen molar-refractivity contribution >= 4 is 29.6 Å². The van der Waals surface area contributed by atoms with E-state index in [4.69, 9.17) is 0 Å². The molecule has 0 atom stereocenters. The van der Waals surface area contributed by atoms with Crippen LogP contribution >= 0.6 is 0 Å². The van der Waals surface area contributed by atoms with E-state index in [1.165, 1.54) is 12.2 Å². The van der Waals surface area contributed by atoms with E-state index in [1.807, 2.05) is 0 Å². The summed E-state index contributed by atoms with van der Waals surface area (Å²) in [4.78, 5) is 61.2. The lowest BCUT2D eigenvalue weighted by atomic mass is 9.77. The number of carboxylic acid groups (broad SMARTS) is 1. The molecule has 2 aliphatic heterocycles. The van der Waals surface area contributed by atoms with Gasteiger partial charge < -0.3 is 5.11 Å².